The van der Waals surface area contributed by atoms with E-state index in [2.05, 4.69) is 13.2 Å². The van der Waals surface area contributed by atoms with Crippen LogP contribution < -0.4 is 0 Å². The van der Waals surface area contributed by atoms with Crippen LogP contribution >= 0.6 is 0 Å². The first-order valence-corrected chi connectivity index (χ1v) is 10.8. The number of aliphatic hydroxyl groups is 2. The number of rotatable bonds is 7. The molecule has 0 heterocycles. The van der Waals surface area contributed by atoms with Gasteiger partial charge in [-0.3, -0.25) is 5.41 Å². The largest absolute Gasteiger partial charge is 0.513 e. The molecule has 0 aromatic heterocycles. The van der Waals surface area contributed by atoms with Crippen molar-refractivity contribution in [1.82, 2.24) is 0 Å². The molecule has 176 valence electrons. The van der Waals surface area contributed by atoms with Crippen LogP contribution in [0.4, 0.5) is 4.39 Å². The van der Waals surface area contributed by atoms with Crippen molar-refractivity contribution in [2.24, 2.45) is 0 Å². The summed E-state index contributed by atoms with van der Waals surface area (Å²) in [6.45, 7) is 23.8. The first-order valence-electron chi connectivity index (χ1n) is 10.8. The summed E-state index contributed by atoms with van der Waals surface area (Å²) < 4.78 is 15.5. The molecule has 0 spiro atoms. The highest BCUT2D eigenvalue weighted by atomic mass is 19.1. The Balaban J connectivity index is 0.00000220. The lowest BCUT2D eigenvalue weighted by atomic mass is 9.82. The van der Waals surface area contributed by atoms with Crippen molar-refractivity contribution < 1.29 is 14.6 Å². The standard InChI is InChI=1S/C25H34FNO.C3H6O/c1-10-15(6)17(8)22(16(7)14(4)5)25(27)23-20(12-3)21(13-28)19(11-2)18(9)24(23)26;1-3(2)4/h10-11,27-28H,2,12-13H2,1,3-9H3;4H,1H2,2H3/b15-10-,22-17-,27-25?;. The molecule has 0 saturated carbocycles. The number of hydrogen-bond acceptors (Lipinski definition) is 3. The molecule has 0 aliphatic carbocycles. The summed E-state index contributed by atoms with van der Waals surface area (Å²) in [4.78, 5) is 0. The van der Waals surface area contributed by atoms with Gasteiger partial charge in [0, 0.05) is 11.1 Å². The second-order valence-corrected chi connectivity index (χ2v) is 8.11. The van der Waals surface area contributed by atoms with Crippen LogP contribution in [0, 0.1) is 18.2 Å². The van der Waals surface area contributed by atoms with Gasteiger partial charge in [-0.1, -0.05) is 43.4 Å². The van der Waals surface area contributed by atoms with Crippen LogP contribution in [0.1, 0.15) is 83.2 Å². The van der Waals surface area contributed by atoms with Crippen molar-refractivity contribution in [1.29, 1.82) is 5.41 Å². The number of aliphatic hydroxyl groups excluding tert-OH is 2. The van der Waals surface area contributed by atoms with Crippen molar-refractivity contribution >= 4 is 11.8 Å². The fraction of sp³-hybridized carbons (Fsp3) is 0.393. The number of allylic oxidation sites excluding steroid dienone is 7. The van der Waals surface area contributed by atoms with Gasteiger partial charge in [-0.15, -0.1) is 0 Å². The summed E-state index contributed by atoms with van der Waals surface area (Å²) in [6, 6.07) is 0. The Labute approximate surface area is 193 Å². The minimum Gasteiger partial charge on any atom is -0.513 e. The molecule has 0 aliphatic heterocycles. The van der Waals surface area contributed by atoms with E-state index in [0.29, 0.717) is 28.7 Å². The zero-order chi connectivity index (χ0) is 25.3. The molecule has 0 bridgehead atoms. The minimum atomic E-state index is -0.404. The van der Waals surface area contributed by atoms with Gasteiger partial charge in [-0.2, -0.15) is 0 Å². The van der Waals surface area contributed by atoms with E-state index in [-0.39, 0.29) is 23.6 Å². The van der Waals surface area contributed by atoms with Gasteiger partial charge in [0.15, 0.2) is 0 Å². The van der Waals surface area contributed by atoms with Crippen molar-refractivity contribution in [3.63, 3.8) is 0 Å². The Kier molecular flexibility index (Phi) is 11.9. The van der Waals surface area contributed by atoms with Crippen LogP contribution in [0.5, 0.6) is 0 Å². The first-order chi connectivity index (χ1) is 14.8. The summed E-state index contributed by atoms with van der Waals surface area (Å²) in [6.07, 6.45) is 4.11. The SMILES string of the molecule is C=C(C)O.C=Cc1c(C)c(F)c(C(=N)/C(C(C)=C(C)C)=C(C)\C(C)=C/C)c(CC)c1CO. The molecule has 0 fully saturated rings. The Bertz CT molecular complexity index is 983. The topological polar surface area (TPSA) is 64.3 Å². The quantitative estimate of drug-likeness (QED) is 0.229. The Hall–Kier alpha value is -2.72. The summed E-state index contributed by atoms with van der Waals surface area (Å²) in [5, 5.41) is 26.9. The van der Waals surface area contributed by atoms with Crippen molar-refractivity contribution in [2.75, 3.05) is 0 Å². The van der Waals surface area contributed by atoms with Crippen LogP contribution in [0.15, 0.2) is 52.9 Å². The van der Waals surface area contributed by atoms with Crippen LogP contribution in [0.25, 0.3) is 6.08 Å². The number of nitrogens with one attached hydrogen (secondary N) is 1. The molecule has 0 amide bonds. The van der Waals surface area contributed by atoms with E-state index >= 15 is 4.39 Å². The summed E-state index contributed by atoms with van der Waals surface area (Å²) in [5.41, 5.74) is 7.66. The van der Waals surface area contributed by atoms with Crippen molar-refractivity contribution in [2.45, 2.75) is 75.3 Å². The zero-order valence-corrected chi connectivity index (χ0v) is 21.3. The number of halogens is 1. The van der Waals surface area contributed by atoms with Crippen molar-refractivity contribution in [3.05, 3.63) is 86.5 Å². The molecular formula is C28H40FNO2. The molecule has 3 N–H and O–H groups in total. The highest BCUT2D eigenvalue weighted by Gasteiger charge is 2.25. The molecule has 0 saturated heterocycles. The smallest absolute Gasteiger partial charge is 0.136 e. The zero-order valence-electron chi connectivity index (χ0n) is 21.3. The van der Waals surface area contributed by atoms with E-state index in [9.17, 15) is 5.11 Å². The molecule has 0 aliphatic rings. The van der Waals surface area contributed by atoms with E-state index in [1.165, 1.54) is 6.92 Å². The molecule has 0 unspecified atom stereocenters. The molecule has 1 aromatic carbocycles. The molecular weight excluding hydrogens is 401 g/mol. The van der Waals surface area contributed by atoms with Gasteiger partial charge >= 0.3 is 0 Å². The average Bonchev–Trinajstić information content (AvgIpc) is 2.73. The fourth-order valence-electron chi connectivity index (χ4n) is 3.53. The van der Waals surface area contributed by atoms with Gasteiger partial charge in [0.1, 0.15) is 5.82 Å². The van der Waals surface area contributed by atoms with E-state index in [0.717, 1.165) is 27.9 Å². The Morgan fingerprint density at radius 3 is 1.91 bits per heavy atom. The van der Waals surface area contributed by atoms with Gasteiger partial charge in [0.05, 0.1) is 18.1 Å². The molecule has 1 rings (SSSR count). The normalized spacial score (nSPS) is 11.8. The first kappa shape index (κ1) is 29.3. The monoisotopic (exact) mass is 441 g/mol. The molecule has 1 aromatic rings. The summed E-state index contributed by atoms with van der Waals surface area (Å²) >= 11 is 0. The fourth-order valence-corrected chi connectivity index (χ4v) is 3.53. The van der Waals surface area contributed by atoms with Crippen LogP contribution in [-0.2, 0) is 13.0 Å². The predicted molar refractivity (Wildman–Crippen MR) is 137 cm³/mol. The summed E-state index contributed by atoms with van der Waals surface area (Å²) in [5.74, 6) is -0.237. The molecule has 0 atom stereocenters. The Morgan fingerprint density at radius 1 is 1.06 bits per heavy atom. The predicted octanol–water partition coefficient (Wildman–Crippen LogP) is 7.92. The van der Waals surface area contributed by atoms with Gasteiger partial charge in [0.25, 0.3) is 0 Å². The van der Waals surface area contributed by atoms with E-state index < -0.39 is 5.82 Å². The van der Waals surface area contributed by atoms with E-state index in [1.54, 1.807) is 13.0 Å². The average molecular weight is 442 g/mol. The lowest BCUT2D eigenvalue weighted by Crippen LogP contribution is -2.17. The lowest BCUT2D eigenvalue weighted by Gasteiger charge is -2.23. The molecule has 3 nitrogen and oxygen atoms in total. The third-order valence-corrected chi connectivity index (χ3v) is 5.68. The third-order valence-electron chi connectivity index (χ3n) is 5.68. The molecule has 0 radical (unpaired) electrons. The van der Waals surface area contributed by atoms with Crippen LogP contribution in [0.3, 0.4) is 0 Å². The number of hydrogen-bond donors (Lipinski definition) is 3. The molecule has 4 heteroatoms. The maximum absolute atomic E-state index is 15.5. The minimum absolute atomic E-state index is 0.167. The van der Waals surface area contributed by atoms with Gasteiger partial charge < -0.3 is 10.2 Å². The maximum Gasteiger partial charge on any atom is 0.136 e. The highest BCUT2D eigenvalue weighted by molar-refractivity contribution is 6.15. The molecule has 32 heavy (non-hydrogen) atoms. The van der Waals surface area contributed by atoms with Crippen LogP contribution in [-0.4, -0.2) is 15.9 Å². The number of benzene rings is 1. The van der Waals surface area contributed by atoms with Crippen molar-refractivity contribution in [3.8, 4) is 0 Å². The second kappa shape index (κ2) is 13.0. The highest BCUT2D eigenvalue weighted by Crippen LogP contribution is 2.33. The van der Waals surface area contributed by atoms with Crippen LogP contribution in [0.2, 0.25) is 0 Å². The van der Waals surface area contributed by atoms with Gasteiger partial charge in [-0.05, 0) is 95.2 Å². The van der Waals surface area contributed by atoms with E-state index in [4.69, 9.17) is 10.5 Å². The maximum atomic E-state index is 15.5. The Morgan fingerprint density at radius 2 is 1.56 bits per heavy atom. The second-order valence-electron chi connectivity index (χ2n) is 8.11. The lowest BCUT2D eigenvalue weighted by molar-refractivity contribution is 0.280. The van der Waals surface area contributed by atoms with E-state index in [1.807, 2.05) is 54.5 Å². The van der Waals surface area contributed by atoms with Gasteiger partial charge in [-0.25, -0.2) is 4.39 Å². The third kappa shape index (κ3) is 6.64. The van der Waals surface area contributed by atoms with Gasteiger partial charge in [0.2, 0.25) is 0 Å². The summed E-state index contributed by atoms with van der Waals surface area (Å²) in [7, 11) is 0.